The van der Waals surface area contributed by atoms with Crippen LogP contribution >= 0.6 is 23.2 Å². The molecule has 5 nitrogen and oxygen atoms in total. The topological polar surface area (TPSA) is 58.1 Å². The summed E-state index contributed by atoms with van der Waals surface area (Å²) in [5, 5.41) is 4.17. The minimum atomic E-state index is -0.0652. The summed E-state index contributed by atoms with van der Waals surface area (Å²) in [6, 6.07) is 6.76. The molecule has 2 aromatic rings. The molecule has 3 rings (SSSR count). The molecule has 0 aliphatic carbocycles. The first-order chi connectivity index (χ1) is 11.5. The van der Waals surface area contributed by atoms with Crippen molar-refractivity contribution in [2.24, 2.45) is 5.92 Å². The minimum Gasteiger partial charge on any atom is -0.339 e. The van der Waals surface area contributed by atoms with Gasteiger partial charge in [0.15, 0.2) is 0 Å². The van der Waals surface area contributed by atoms with Gasteiger partial charge in [0, 0.05) is 24.2 Å². The van der Waals surface area contributed by atoms with Crippen LogP contribution in [0.15, 0.2) is 30.6 Å². The number of carbonyl (C=O) groups excluding carboxylic acids is 1. The molecule has 7 heteroatoms. The Morgan fingerprint density at radius 3 is 2.71 bits per heavy atom. The van der Waals surface area contributed by atoms with Gasteiger partial charge in [0.1, 0.15) is 17.8 Å². The van der Waals surface area contributed by atoms with Crippen LogP contribution in [0.1, 0.15) is 30.3 Å². The van der Waals surface area contributed by atoms with Crippen molar-refractivity contribution in [1.29, 1.82) is 0 Å². The number of amides is 1. The van der Waals surface area contributed by atoms with Crippen molar-refractivity contribution in [3.63, 3.8) is 0 Å². The molecule has 1 amide bonds. The number of halogens is 2. The lowest BCUT2D eigenvalue weighted by molar-refractivity contribution is 0.0691. The van der Waals surface area contributed by atoms with Crippen LogP contribution in [0.2, 0.25) is 10.0 Å². The molecular formula is C17H18Cl2N4O. The maximum atomic E-state index is 12.6. The number of hydrogen-bond acceptors (Lipinski definition) is 4. The van der Waals surface area contributed by atoms with Gasteiger partial charge >= 0.3 is 0 Å². The van der Waals surface area contributed by atoms with Gasteiger partial charge in [-0.3, -0.25) is 4.79 Å². The summed E-state index contributed by atoms with van der Waals surface area (Å²) in [6.07, 6.45) is 3.43. The Morgan fingerprint density at radius 2 is 1.96 bits per heavy atom. The smallest absolute Gasteiger partial charge is 0.272 e. The maximum Gasteiger partial charge on any atom is 0.272 e. The highest BCUT2D eigenvalue weighted by molar-refractivity contribution is 6.35. The Balaban J connectivity index is 1.76. The molecule has 0 saturated carbocycles. The summed E-state index contributed by atoms with van der Waals surface area (Å²) >= 11 is 12.1. The van der Waals surface area contributed by atoms with Crippen LogP contribution < -0.4 is 5.32 Å². The van der Waals surface area contributed by atoms with Crippen molar-refractivity contribution in [3.05, 3.63) is 46.3 Å². The van der Waals surface area contributed by atoms with Crippen molar-refractivity contribution >= 4 is 40.6 Å². The number of benzene rings is 1. The zero-order chi connectivity index (χ0) is 17.1. The Hall–Kier alpha value is -1.85. The van der Waals surface area contributed by atoms with Gasteiger partial charge in [0.05, 0.1) is 10.7 Å². The van der Waals surface area contributed by atoms with Crippen LogP contribution in [0, 0.1) is 5.92 Å². The third kappa shape index (κ3) is 3.97. The van der Waals surface area contributed by atoms with E-state index in [0.717, 1.165) is 25.9 Å². The standard InChI is InChI=1S/C17H18Cl2N4O/c1-11-4-6-23(7-5-11)17(24)15-9-16(21-10-20-15)22-14-8-12(18)2-3-13(14)19/h2-3,8-11H,4-7H2,1H3,(H,20,21,22). The lowest BCUT2D eigenvalue weighted by Gasteiger charge is -2.30. The van der Waals surface area contributed by atoms with E-state index in [-0.39, 0.29) is 5.91 Å². The molecule has 1 fully saturated rings. The quantitative estimate of drug-likeness (QED) is 0.876. The summed E-state index contributed by atoms with van der Waals surface area (Å²) in [5.41, 5.74) is 1.01. The molecule has 0 bridgehead atoms. The number of likely N-dealkylation sites (tertiary alicyclic amines) is 1. The zero-order valence-electron chi connectivity index (χ0n) is 13.3. The first-order valence-electron chi connectivity index (χ1n) is 7.86. The fraction of sp³-hybridized carbons (Fsp3) is 0.353. The van der Waals surface area contributed by atoms with Gasteiger partial charge in [-0.15, -0.1) is 0 Å². The molecule has 0 radical (unpaired) electrons. The molecule has 1 saturated heterocycles. The van der Waals surface area contributed by atoms with Gasteiger partial charge < -0.3 is 10.2 Å². The van der Waals surface area contributed by atoms with E-state index in [1.54, 1.807) is 24.3 Å². The fourth-order valence-electron chi connectivity index (χ4n) is 2.65. The van der Waals surface area contributed by atoms with Crippen molar-refractivity contribution in [2.45, 2.75) is 19.8 Å². The molecular weight excluding hydrogens is 347 g/mol. The summed E-state index contributed by atoms with van der Waals surface area (Å²) in [7, 11) is 0. The van der Waals surface area contributed by atoms with Crippen LogP contribution in [0.25, 0.3) is 0 Å². The van der Waals surface area contributed by atoms with Crippen LogP contribution in [-0.4, -0.2) is 33.9 Å². The second kappa shape index (κ2) is 7.36. The number of nitrogens with zero attached hydrogens (tertiary/aromatic N) is 3. The number of carbonyl (C=O) groups is 1. The van der Waals surface area contributed by atoms with E-state index in [1.165, 1.54) is 6.33 Å². The number of piperidine rings is 1. The van der Waals surface area contributed by atoms with Crippen molar-refractivity contribution in [2.75, 3.05) is 18.4 Å². The second-order valence-electron chi connectivity index (χ2n) is 6.01. The highest BCUT2D eigenvalue weighted by atomic mass is 35.5. The average Bonchev–Trinajstić information content (AvgIpc) is 2.58. The van der Waals surface area contributed by atoms with Gasteiger partial charge in [-0.2, -0.15) is 0 Å². The fourth-order valence-corrected chi connectivity index (χ4v) is 2.98. The number of anilines is 2. The molecule has 1 aliphatic heterocycles. The Morgan fingerprint density at radius 1 is 1.21 bits per heavy atom. The van der Waals surface area contributed by atoms with E-state index in [1.807, 2.05) is 4.90 Å². The van der Waals surface area contributed by atoms with Crippen LogP contribution in [-0.2, 0) is 0 Å². The molecule has 1 aliphatic rings. The molecule has 1 N–H and O–H groups in total. The monoisotopic (exact) mass is 364 g/mol. The lowest BCUT2D eigenvalue weighted by atomic mass is 9.99. The molecule has 0 spiro atoms. The van der Waals surface area contributed by atoms with Gasteiger partial charge in [0.25, 0.3) is 5.91 Å². The summed E-state index contributed by atoms with van der Waals surface area (Å²) in [6.45, 7) is 3.75. The number of nitrogens with one attached hydrogen (secondary N) is 1. The molecule has 1 aromatic carbocycles. The van der Waals surface area contributed by atoms with E-state index in [4.69, 9.17) is 23.2 Å². The van der Waals surface area contributed by atoms with E-state index in [0.29, 0.717) is 33.2 Å². The van der Waals surface area contributed by atoms with Crippen LogP contribution in [0.3, 0.4) is 0 Å². The van der Waals surface area contributed by atoms with E-state index in [9.17, 15) is 4.79 Å². The third-order valence-corrected chi connectivity index (χ3v) is 4.71. The van der Waals surface area contributed by atoms with Crippen LogP contribution in [0.4, 0.5) is 11.5 Å². The highest BCUT2D eigenvalue weighted by Gasteiger charge is 2.22. The lowest BCUT2D eigenvalue weighted by Crippen LogP contribution is -2.38. The highest BCUT2D eigenvalue weighted by Crippen LogP contribution is 2.28. The Labute approximate surface area is 151 Å². The van der Waals surface area contributed by atoms with E-state index < -0.39 is 0 Å². The third-order valence-electron chi connectivity index (χ3n) is 4.15. The van der Waals surface area contributed by atoms with Gasteiger partial charge in [-0.05, 0) is 37.0 Å². The normalized spacial score (nSPS) is 15.4. The molecule has 1 aromatic heterocycles. The Kier molecular flexibility index (Phi) is 5.21. The molecule has 126 valence electrons. The first-order valence-corrected chi connectivity index (χ1v) is 8.62. The van der Waals surface area contributed by atoms with Crippen molar-refractivity contribution in [1.82, 2.24) is 14.9 Å². The number of aromatic nitrogens is 2. The molecule has 2 heterocycles. The van der Waals surface area contributed by atoms with Gasteiger partial charge in [-0.1, -0.05) is 30.1 Å². The second-order valence-corrected chi connectivity index (χ2v) is 6.86. The van der Waals surface area contributed by atoms with Crippen LogP contribution in [0.5, 0.6) is 0 Å². The van der Waals surface area contributed by atoms with E-state index >= 15 is 0 Å². The first kappa shape index (κ1) is 17.0. The minimum absolute atomic E-state index is 0.0652. The average molecular weight is 365 g/mol. The van der Waals surface area contributed by atoms with E-state index in [2.05, 4.69) is 22.2 Å². The van der Waals surface area contributed by atoms with Gasteiger partial charge in [-0.25, -0.2) is 9.97 Å². The summed E-state index contributed by atoms with van der Waals surface area (Å²) in [4.78, 5) is 22.7. The predicted octanol–water partition coefficient (Wildman–Crippen LogP) is 4.40. The SMILES string of the molecule is CC1CCN(C(=O)c2cc(Nc3cc(Cl)ccc3Cl)ncn2)CC1. The predicted molar refractivity (Wildman–Crippen MR) is 96.1 cm³/mol. The Bertz CT molecular complexity index is 745. The molecule has 24 heavy (non-hydrogen) atoms. The number of hydrogen-bond donors (Lipinski definition) is 1. The summed E-state index contributed by atoms with van der Waals surface area (Å²) in [5.74, 6) is 1.11. The molecule has 0 atom stereocenters. The van der Waals surface area contributed by atoms with Crippen molar-refractivity contribution in [3.8, 4) is 0 Å². The van der Waals surface area contributed by atoms with Gasteiger partial charge in [0.2, 0.25) is 0 Å². The number of rotatable bonds is 3. The summed E-state index contributed by atoms with van der Waals surface area (Å²) < 4.78 is 0. The van der Waals surface area contributed by atoms with Crippen molar-refractivity contribution < 1.29 is 4.79 Å². The molecule has 0 unspecified atom stereocenters. The maximum absolute atomic E-state index is 12.6. The zero-order valence-corrected chi connectivity index (χ0v) is 14.8. The largest absolute Gasteiger partial charge is 0.339 e.